The first-order valence-corrected chi connectivity index (χ1v) is 7.60. The Hall–Kier alpha value is -1.85. The third kappa shape index (κ3) is 3.83. The number of nitrogens with one attached hydrogen (secondary N) is 1. The van der Waals surface area contributed by atoms with Gasteiger partial charge in [-0.2, -0.15) is 5.10 Å². The third-order valence-corrected chi connectivity index (χ3v) is 3.93. The van der Waals surface area contributed by atoms with Gasteiger partial charge >= 0.3 is 0 Å². The molecule has 6 nitrogen and oxygen atoms in total. The highest BCUT2D eigenvalue weighted by Crippen LogP contribution is 2.19. The topological polar surface area (TPSA) is 67.2 Å². The van der Waals surface area contributed by atoms with Gasteiger partial charge in [0.05, 0.1) is 11.6 Å². The molecule has 0 aliphatic carbocycles. The lowest BCUT2D eigenvalue weighted by Gasteiger charge is -2.31. The van der Waals surface area contributed by atoms with Crippen LogP contribution < -0.4 is 5.32 Å². The maximum atomic E-state index is 12.4. The van der Waals surface area contributed by atoms with E-state index in [4.69, 9.17) is 0 Å². The van der Waals surface area contributed by atoms with Crippen molar-refractivity contribution in [2.24, 2.45) is 13.0 Å². The quantitative estimate of drug-likeness (QED) is 0.916. The summed E-state index contributed by atoms with van der Waals surface area (Å²) in [5.74, 6) is 0.612. The molecule has 1 aliphatic rings. The first-order valence-electron chi connectivity index (χ1n) is 7.60. The number of carbonyl (C=O) groups excluding carboxylic acids is 2. The maximum absolute atomic E-state index is 12.4. The zero-order chi connectivity index (χ0) is 15.4. The number of rotatable bonds is 4. The fourth-order valence-corrected chi connectivity index (χ4v) is 2.73. The highest BCUT2D eigenvalue weighted by atomic mass is 16.2. The number of nitrogens with zero attached hydrogens (tertiary/aromatic N) is 3. The van der Waals surface area contributed by atoms with Gasteiger partial charge in [-0.05, 0) is 19.3 Å². The molecule has 0 bridgehead atoms. The number of aryl methyl sites for hydroxylation is 2. The van der Waals surface area contributed by atoms with Crippen LogP contribution in [0.1, 0.15) is 38.8 Å². The minimum absolute atomic E-state index is 0.0213. The van der Waals surface area contributed by atoms with Crippen molar-refractivity contribution in [3.63, 3.8) is 0 Å². The Morgan fingerprint density at radius 3 is 2.90 bits per heavy atom. The van der Waals surface area contributed by atoms with E-state index in [1.165, 1.54) is 0 Å². The van der Waals surface area contributed by atoms with E-state index in [9.17, 15) is 9.59 Å². The molecule has 1 aromatic rings. The molecule has 1 N–H and O–H groups in total. The number of carbonyl (C=O) groups is 2. The Balaban J connectivity index is 1.99. The standard InChI is InChI=1S/C15H24N4O2/c1-4-6-13-9-14(18(3)17-13)16-15(21)12-7-5-8-19(10-12)11(2)20/h9,12H,4-8,10H2,1-3H3,(H,16,21). The summed E-state index contributed by atoms with van der Waals surface area (Å²) in [6.45, 7) is 4.93. The summed E-state index contributed by atoms with van der Waals surface area (Å²) in [6.07, 6.45) is 3.64. The van der Waals surface area contributed by atoms with Crippen LogP contribution in [-0.4, -0.2) is 39.6 Å². The molecule has 2 amide bonds. The average Bonchev–Trinajstić information content (AvgIpc) is 2.79. The van der Waals surface area contributed by atoms with Crippen LogP contribution in [0.2, 0.25) is 0 Å². The van der Waals surface area contributed by atoms with Crippen molar-refractivity contribution in [2.45, 2.75) is 39.5 Å². The van der Waals surface area contributed by atoms with Gasteiger partial charge in [0.15, 0.2) is 0 Å². The van der Waals surface area contributed by atoms with Gasteiger partial charge in [-0.3, -0.25) is 14.3 Å². The van der Waals surface area contributed by atoms with Crippen LogP contribution in [0.3, 0.4) is 0 Å². The van der Waals surface area contributed by atoms with Gasteiger partial charge in [0.2, 0.25) is 11.8 Å². The average molecular weight is 292 g/mol. The lowest BCUT2D eigenvalue weighted by Crippen LogP contribution is -2.42. The van der Waals surface area contributed by atoms with E-state index in [2.05, 4.69) is 17.3 Å². The summed E-state index contributed by atoms with van der Waals surface area (Å²) in [7, 11) is 1.83. The lowest BCUT2D eigenvalue weighted by molar-refractivity contribution is -0.132. The number of amides is 2. The van der Waals surface area contributed by atoms with Crippen LogP contribution in [0, 0.1) is 5.92 Å². The summed E-state index contributed by atoms with van der Waals surface area (Å²) in [5.41, 5.74) is 0.990. The largest absolute Gasteiger partial charge is 0.342 e. The van der Waals surface area contributed by atoms with Crippen molar-refractivity contribution in [3.05, 3.63) is 11.8 Å². The summed E-state index contributed by atoms with van der Waals surface area (Å²) in [6, 6.07) is 1.92. The molecule has 0 aromatic carbocycles. The normalized spacial score (nSPS) is 18.6. The number of likely N-dealkylation sites (tertiary alicyclic amines) is 1. The van der Waals surface area contributed by atoms with E-state index in [0.717, 1.165) is 43.7 Å². The second-order valence-electron chi connectivity index (χ2n) is 5.69. The number of anilines is 1. The minimum Gasteiger partial charge on any atom is -0.342 e. The molecule has 1 aliphatic heterocycles. The van der Waals surface area contributed by atoms with Crippen LogP contribution in [0.15, 0.2) is 6.07 Å². The maximum Gasteiger partial charge on any atom is 0.230 e. The molecular formula is C15H24N4O2. The van der Waals surface area contributed by atoms with E-state index in [1.54, 1.807) is 16.5 Å². The molecule has 2 heterocycles. The van der Waals surface area contributed by atoms with Crippen LogP contribution >= 0.6 is 0 Å². The molecule has 21 heavy (non-hydrogen) atoms. The third-order valence-electron chi connectivity index (χ3n) is 3.93. The number of hydrogen-bond acceptors (Lipinski definition) is 3. The highest BCUT2D eigenvalue weighted by Gasteiger charge is 2.27. The molecule has 6 heteroatoms. The molecule has 0 saturated carbocycles. The minimum atomic E-state index is -0.132. The Morgan fingerprint density at radius 1 is 1.48 bits per heavy atom. The number of aromatic nitrogens is 2. The predicted molar refractivity (Wildman–Crippen MR) is 80.8 cm³/mol. The predicted octanol–water partition coefficient (Wildman–Crippen LogP) is 1.57. The summed E-state index contributed by atoms with van der Waals surface area (Å²) in [4.78, 5) is 25.5. The number of hydrogen-bond donors (Lipinski definition) is 1. The molecule has 1 unspecified atom stereocenters. The van der Waals surface area contributed by atoms with Gasteiger partial charge in [-0.15, -0.1) is 0 Å². The summed E-state index contributed by atoms with van der Waals surface area (Å²) in [5, 5.41) is 7.32. The molecule has 1 saturated heterocycles. The Morgan fingerprint density at radius 2 is 2.24 bits per heavy atom. The molecule has 0 spiro atoms. The van der Waals surface area contributed by atoms with Crippen molar-refractivity contribution in [3.8, 4) is 0 Å². The van der Waals surface area contributed by atoms with E-state index < -0.39 is 0 Å². The van der Waals surface area contributed by atoms with Crippen molar-refractivity contribution in [1.82, 2.24) is 14.7 Å². The van der Waals surface area contributed by atoms with Crippen LogP contribution in [0.5, 0.6) is 0 Å². The Bertz CT molecular complexity index is 524. The van der Waals surface area contributed by atoms with E-state index in [0.29, 0.717) is 6.54 Å². The van der Waals surface area contributed by atoms with Crippen LogP contribution in [0.25, 0.3) is 0 Å². The second kappa shape index (κ2) is 6.74. The fraction of sp³-hybridized carbons (Fsp3) is 0.667. The van der Waals surface area contributed by atoms with E-state index in [1.807, 2.05) is 13.1 Å². The summed E-state index contributed by atoms with van der Waals surface area (Å²) >= 11 is 0. The van der Waals surface area contributed by atoms with Gasteiger partial charge in [-0.1, -0.05) is 13.3 Å². The number of piperidine rings is 1. The zero-order valence-electron chi connectivity index (χ0n) is 13.1. The van der Waals surface area contributed by atoms with Crippen molar-refractivity contribution in [1.29, 1.82) is 0 Å². The van der Waals surface area contributed by atoms with Gasteiger partial charge < -0.3 is 10.2 Å². The van der Waals surface area contributed by atoms with Gasteiger partial charge in [0.25, 0.3) is 0 Å². The highest BCUT2D eigenvalue weighted by molar-refractivity contribution is 5.92. The molecule has 0 radical (unpaired) electrons. The SMILES string of the molecule is CCCc1cc(NC(=O)C2CCCN(C(C)=O)C2)n(C)n1. The summed E-state index contributed by atoms with van der Waals surface area (Å²) < 4.78 is 1.70. The van der Waals surface area contributed by atoms with Crippen LogP contribution in [0.4, 0.5) is 5.82 Å². The Labute approximate surface area is 125 Å². The van der Waals surface area contributed by atoms with E-state index >= 15 is 0 Å². The van der Waals surface area contributed by atoms with Gasteiger partial charge in [0, 0.05) is 33.1 Å². The van der Waals surface area contributed by atoms with Crippen molar-refractivity contribution >= 4 is 17.6 Å². The molecule has 1 atom stereocenters. The smallest absolute Gasteiger partial charge is 0.230 e. The fourth-order valence-electron chi connectivity index (χ4n) is 2.73. The molecule has 1 fully saturated rings. The van der Waals surface area contributed by atoms with Gasteiger partial charge in [-0.25, -0.2) is 0 Å². The molecular weight excluding hydrogens is 268 g/mol. The van der Waals surface area contributed by atoms with Crippen molar-refractivity contribution in [2.75, 3.05) is 18.4 Å². The lowest BCUT2D eigenvalue weighted by atomic mass is 9.97. The Kier molecular flexibility index (Phi) is 4.98. The molecule has 116 valence electrons. The second-order valence-corrected chi connectivity index (χ2v) is 5.69. The molecule has 2 rings (SSSR count). The first-order chi connectivity index (χ1) is 10.0. The zero-order valence-corrected chi connectivity index (χ0v) is 13.1. The monoisotopic (exact) mass is 292 g/mol. The van der Waals surface area contributed by atoms with Crippen LogP contribution in [-0.2, 0) is 23.1 Å². The first kappa shape index (κ1) is 15.5. The van der Waals surface area contributed by atoms with Crippen molar-refractivity contribution < 1.29 is 9.59 Å². The molecule has 1 aromatic heterocycles. The van der Waals surface area contributed by atoms with Gasteiger partial charge in [0.1, 0.15) is 5.82 Å². The van der Waals surface area contributed by atoms with E-state index in [-0.39, 0.29) is 17.7 Å².